The number of carboxylic acid groups (broad SMARTS) is 1. The molecule has 0 spiro atoms. The van der Waals surface area contributed by atoms with E-state index in [4.69, 9.17) is 4.74 Å². The fourth-order valence-corrected chi connectivity index (χ4v) is 3.91. The van der Waals surface area contributed by atoms with Gasteiger partial charge in [0.15, 0.2) is 11.5 Å². The molecule has 0 bridgehead atoms. The van der Waals surface area contributed by atoms with Gasteiger partial charge in [0.2, 0.25) is 12.0 Å². The minimum Gasteiger partial charge on any atom is -0.507 e. The second-order valence-electron chi connectivity index (χ2n) is 5.21. The van der Waals surface area contributed by atoms with E-state index in [1.54, 1.807) is 30.3 Å². The number of para-hydroxylation sites is 1. The predicted octanol–water partition coefficient (Wildman–Crippen LogP) is 0.665. The Kier molecular flexibility index (Phi) is 4.10. The number of benzene rings is 1. The fourth-order valence-electron chi connectivity index (χ4n) is 2.51. The smallest absolute Gasteiger partial charge is 0.356 e. The molecule has 3 rings (SSSR count). The van der Waals surface area contributed by atoms with Crippen LogP contribution in [-0.4, -0.2) is 49.7 Å². The molecule has 3 atom stereocenters. The Balaban J connectivity index is 1.88. The Labute approximate surface area is 141 Å². The minimum absolute atomic E-state index is 0.427. The first-order valence-corrected chi connectivity index (χ1v) is 7.98. The first-order chi connectivity index (χ1) is 11.4. The molecule has 24 heavy (non-hydrogen) atoms. The van der Waals surface area contributed by atoms with Crippen molar-refractivity contribution < 1.29 is 29.3 Å². The van der Waals surface area contributed by atoms with E-state index in [1.165, 1.54) is 6.92 Å². The molecule has 1 fully saturated rings. The zero-order valence-corrected chi connectivity index (χ0v) is 13.3. The predicted molar refractivity (Wildman–Crippen MR) is 84.0 cm³/mol. The average molecular weight is 350 g/mol. The molecule has 9 heteroatoms. The third-order valence-electron chi connectivity index (χ3n) is 3.54. The van der Waals surface area contributed by atoms with Gasteiger partial charge in [-0.25, -0.2) is 4.79 Å². The standard InChI is InChI=1S/C15H14N2O6S/c1-7(18)16-12-10(19)9(15(21)22)17-13(20)11(14(17)24-12)23-8-5-3-2-4-6-8/h2-6,11-12,14,19H,1H3,(H,16,18)(H,21,22)/t11?,12?,14-/m1/s1. The molecule has 2 amide bonds. The molecule has 0 saturated carbocycles. The normalized spacial score (nSPS) is 25.6. The molecule has 1 saturated heterocycles. The lowest BCUT2D eigenvalue weighted by molar-refractivity contribution is -0.157. The van der Waals surface area contributed by atoms with Crippen LogP contribution in [0, 0.1) is 0 Å². The number of carboxylic acids is 1. The number of aliphatic hydroxyl groups is 1. The van der Waals surface area contributed by atoms with Crippen molar-refractivity contribution in [2.45, 2.75) is 23.8 Å². The van der Waals surface area contributed by atoms with Gasteiger partial charge in [-0.15, -0.1) is 0 Å². The van der Waals surface area contributed by atoms with Gasteiger partial charge in [-0.3, -0.25) is 14.5 Å². The first-order valence-electron chi connectivity index (χ1n) is 7.04. The summed E-state index contributed by atoms with van der Waals surface area (Å²) in [7, 11) is 0. The number of rotatable bonds is 4. The van der Waals surface area contributed by atoms with Gasteiger partial charge in [-0.1, -0.05) is 30.0 Å². The van der Waals surface area contributed by atoms with Gasteiger partial charge in [0.25, 0.3) is 5.91 Å². The van der Waals surface area contributed by atoms with Gasteiger partial charge in [0.1, 0.15) is 16.5 Å². The first kappa shape index (κ1) is 16.2. The quantitative estimate of drug-likeness (QED) is 0.683. The second kappa shape index (κ2) is 6.08. The molecule has 0 radical (unpaired) electrons. The number of nitrogens with one attached hydrogen (secondary N) is 1. The largest absolute Gasteiger partial charge is 0.507 e. The zero-order valence-electron chi connectivity index (χ0n) is 12.5. The molecule has 3 N–H and O–H groups in total. The van der Waals surface area contributed by atoms with E-state index in [1.807, 2.05) is 0 Å². The summed E-state index contributed by atoms with van der Waals surface area (Å²) in [6, 6.07) is 8.66. The molecule has 2 aliphatic heterocycles. The van der Waals surface area contributed by atoms with Crippen molar-refractivity contribution in [3.63, 3.8) is 0 Å². The molecule has 0 aliphatic carbocycles. The summed E-state index contributed by atoms with van der Waals surface area (Å²) in [6.07, 6.45) is -0.892. The molecule has 2 aliphatic rings. The van der Waals surface area contributed by atoms with Gasteiger partial charge in [0.05, 0.1) is 0 Å². The van der Waals surface area contributed by atoms with Crippen LogP contribution in [0.25, 0.3) is 0 Å². The summed E-state index contributed by atoms with van der Waals surface area (Å²) in [5, 5.41) is 20.2. The maximum atomic E-state index is 12.3. The Hall–Kier alpha value is -2.68. The van der Waals surface area contributed by atoms with Crippen molar-refractivity contribution in [3.8, 4) is 5.75 Å². The van der Waals surface area contributed by atoms with Gasteiger partial charge < -0.3 is 20.3 Å². The average Bonchev–Trinajstić information content (AvgIpc) is 2.54. The van der Waals surface area contributed by atoms with Crippen LogP contribution in [0.1, 0.15) is 6.92 Å². The second-order valence-corrected chi connectivity index (χ2v) is 6.43. The van der Waals surface area contributed by atoms with E-state index in [9.17, 15) is 24.6 Å². The van der Waals surface area contributed by atoms with Crippen molar-refractivity contribution in [1.82, 2.24) is 10.2 Å². The zero-order chi connectivity index (χ0) is 17.4. The van der Waals surface area contributed by atoms with E-state index < -0.39 is 46.1 Å². The lowest BCUT2D eigenvalue weighted by Gasteiger charge is -2.49. The maximum absolute atomic E-state index is 12.3. The summed E-state index contributed by atoms with van der Waals surface area (Å²) >= 11 is 1.05. The monoisotopic (exact) mass is 350 g/mol. The number of ether oxygens (including phenoxy) is 1. The maximum Gasteiger partial charge on any atom is 0.356 e. The highest BCUT2D eigenvalue weighted by atomic mass is 32.2. The lowest BCUT2D eigenvalue weighted by Crippen LogP contribution is -2.68. The van der Waals surface area contributed by atoms with E-state index in [2.05, 4.69) is 5.32 Å². The number of aliphatic carboxylic acids is 1. The van der Waals surface area contributed by atoms with E-state index in [0.29, 0.717) is 5.75 Å². The van der Waals surface area contributed by atoms with Crippen LogP contribution in [0.3, 0.4) is 0 Å². The number of thioether (sulfide) groups is 1. The van der Waals surface area contributed by atoms with Crippen LogP contribution in [0.4, 0.5) is 0 Å². The SMILES string of the molecule is CC(=O)NC1S[C@@H]2C(Oc3ccccc3)C(=O)N2C(C(=O)O)=C1O. The van der Waals surface area contributed by atoms with Crippen molar-refractivity contribution in [1.29, 1.82) is 0 Å². The number of amides is 2. The molecule has 126 valence electrons. The number of hydrogen-bond donors (Lipinski definition) is 3. The van der Waals surface area contributed by atoms with Crippen LogP contribution >= 0.6 is 11.8 Å². The fraction of sp³-hybridized carbons (Fsp3) is 0.267. The number of nitrogens with zero attached hydrogens (tertiary/aromatic N) is 1. The van der Waals surface area contributed by atoms with Crippen LogP contribution in [-0.2, 0) is 14.4 Å². The molecule has 2 unspecified atom stereocenters. The third kappa shape index (κ3) is 2.67. The Morgan fingerprint density at radius 3 is 2.54 bits per heavy atom. The van der Waals surface area contributed by atoms with Crippen molar-refractivity contribution in [2.75, 3.05) is 0 Å². The highest BCUT2D eigenvalue weighted by molar-refractivity contribution is 8.00. The van der Waals surface area contributed by atoms with E-state index >= 15 is 0 Å². The third-order valence-corrected chi connectivity index (χ3v) is 4.90. The molecular formula is C15H14N2O6S. The summed E-state index contributed by atoms with van der Waals surface area (Å²) in [4.78, 5) is 35.9. The molecule has 2 heterocycles. The topological polar surface area (TPSA) is 116 Å². The minimum atomic E-state index is -1.44. The van der Waals surface area contributed by atoms with Crippen molar-refractivity contribution >= 4 is 29.5 Å². The lowest BCUT2D eigenvalue weighted by atomic mass is 10.1. The molecule has 1 aromatic carbocycles. The van der Waals surface area contributed by atoms with Gasteiger partial charge in [0, 0.05) is 6.92 Å². The number of β-lactam (4-membered cyclic amide) rings is 1. The highest BCUT2D eigenvalue weighted by Gasteiger charge is 2.58. The Morgan fingerprint density at radius 1 is 1.29 bits per heavy atom. The van der Waals surface area contributed by atoms with E-state index in [0.717, 1.165) is 16.7 Å². The van der Waals surface area contributed by atoms with Crippen LogP contribution < -0.4 is 10.1 Å². The molecule has 0 aromatic heterocycles. The number of fused-ring (bicyclic) bond motifs is 1. The summed E-state index contributed by atoms with van der Waals surface area (Å²) in [6.45, 7) is 1.25. The highest BCUT2D eigenvalue weighted by Crippen LogP contribution is 2.43. The summed E-state index contributed by atoms with van der Waals surface area (Å²) in [5.41, 5.74) is -0.532. The number of carbonyl (C=O) groups excluding carboxylic acids is 2. The number of carbonyl (C=O) groups is 3. The Morgan fingerprint density at radius 2 is 1.96 bits per heavy atom. The van der Waals surface area contributed by atoms with E-state index in [-0.39, 0.29) is 0 Å². The van der Waals surface area contributed by atoms with Crippen LogP contribution in [0.2, 0.25) is 0 Å². The van der Waals surface area contributed by atoms with Crippen LogP contribution in [0.15, 0.2) is 41.8 Å². The molecule has 1 aromatic rings. The van der Waals surface area contributed by atoms with Crippen LogP contribution in [0.5, 0.6) is 5.75 Å². The Bertz CT molecular complexity index is 735. The number of hydrogen-bond acceptors (Lipinski definition) is 6. The van der Waals surface area contributed by atoms with Gasteiger partial charge in [-0.2, -0.15) is 0 Å². The van der Waals surface area contributed by atoms with Gasteiger partial charge in [-0.05, 0) is 12.1 Å². The van der Waals surface area contributed by atoms with Crippen molar-refractivity contribution in [3.05, 3.63) is 41.8 Å². The molecular weight excluding hydrogens is 336 g/mol. The summed E-state index contributed by atoms with van der Waals surface area (Å²) < 4.78 is 5.63. The van der Waals surface area contributed by atoms with Crippen molar-refractivity contribution in [2.24, 2.45) is 0 Å². The number of aliphatic hydroxyl groups excluding tert-OH is 1. The molecule has 8 nitrogen and oxygen atoms in total. The summed E-state index contributed by atoms with van der Waals surface area (Å²) in [5.74, 6) is -2.52. The van der Waals surface area contributed by atoms with Gasteiger partial charge >= 0.3 is 5.97 Å².